The van der Waals surface area contributed by atoms with Gasteiger partial charge in [-0.15, -0.1) is 11.6 Å². The largest absolute Gasteiger partial charge is 0.354 e. The summed E-state index contributed by atoms with van der Waals surface area (Å²) in [6.45, 7) is 1.97. The lowest BCUT2D eigenvalue weighted by atomic mass is 10.2. The molecule has 0 bridgehead atoms. The van der Waals surface area contributed by atoms with Crippen LogP contribution in [-0.4, -0.2) is 38.9 Å². The molecule has 0 radical (unpaired) electrons. The van der Waals surface area contributed by atoms with Crippen molar-refractivity contribution < 1.29 is 0 Å². The third-order valence-corrected chi connectivity index (χ3v) is 3.44. The van der Waals surface area contributed by atoms with Gasteiger partial charge in [0.05, 0.1) is 6.33 Å². The molecular formula is C10H12ClN5. The van der Waals surface area contributed by atoms with Crippen molar-refractivity contribution >= 4 is 28.6 Å². The van der Waals surface area contributed by atoms with Gasteiger partial charge in [0.25, 0.3) is 0 Å². The van der Waals surface area contributed by atoms with Crippen molar-refractivity contribution in [3.8, 4) is 0 Å². The van der Waals surface area contributed by atoms with E-state index in [9.17, 15) is 0 Å². The zero-order valence-corrected chi connectivity index (χ0v) is 9.48. The number of aromatic amines is 1. The van der Waals surface area contributed by atoms with E-state index in [-0.39, 0.29) is 0 Å². The maximum atomic E-state index is 5.88. The van der Waals surface area contributed by atoms with Gasteiger partial charge in [0.1, 0.15) is 11.8 Å². The highest BCUT2D eigenvalue weighted by molar-refractivity contribution is 6.18. The summed E-state index contributed by atoms with van der Waals surface area (Å²) in [6.07, 6.45) is 4.34. The van der Waals surface area contributed by atoms with Gasteiger partial charge in [-0.25, -0.2) is 15.0 Å². The zero-order valence-electron chi connectivity index (χ0n) is 8.73. The average molecular weight is 238 g/mol. The minimum Gasteiger partial charge on any atom is -0.354 e. The number of alkyl halides is 1. The molecule has 0 saturated carbocycles. The fourth-order valence-electron chi connectivity index (χ4n) is 2.14. The van der Waals surface area contributed by atoms with Crippen LogP contribution in [0.15, 0.2) is 12.7 Å². The predicted octanol–water partition coefficient (Wildman–Crippen LogP) is 1.42. The summed E-state index contributed by atoms with van der Waals surface area (Å²) >= 11 is 5.88. The topological polar surface area (TPSA) is 57.7 Å². The number of anilines is 1. The number of H-pyrrole nitrogens is 1. The van der Waals surface area contributed by atoms with Crippen molar-refractivity contribution in [2.45, 2.75) is 6.42 Å². The molecule has 3 heterocycles. The molecule has 1 atom stereocenters. The lowest BCUT2D eigenvalue weighted by molar-refractivity contribution is 0.666. The summed E-state index contributed by atoms with van der Waals surface area (Å²) in [7, 11) is 0. The van der Waals surface area contributed by atoms with E-state index in [1.807, 2.05) is 0 Å². The molecule has 0 aliphatic carbocycles. The molecule has 16 heavy (non-hydrogen) atoms. The first-order chi connectivity index (χ1) is 7.88. The van der Waals surface area contributed by atoms with Gasteiger partial charge in [-0.1, -0.05) is 0 Å². The molecule has 0 spiro atoms. The highest BCUT2D eigenvalue weighted by atomic mass is 35.5. The van der Waals surface area contributed by atoms with E-state index in [1.54, 1.807) is 12.7 Å². The number of nitrogens with zero attached hydrogens (tertiary/aromatic N) is 4. The van der Waals surface area contributed by atoms with Gasteiger partial charge in [0.15, 0.2) is 11.5 Å². The molecule has 0 amide bonds. The summed E-state index contributed by atoms with van der Waals surface area (Å²) in [4.78, 5) is 17.9. The number of imidazole rings is 1. The Hall–Kier alpha value is -1.36. The molecular weight excluding hydrogens is 226 g/mol. The van der Waals surface area contributed by atoms with Crippen molar-refractivity contribution in [1.82, 2.24) is 19.9 Å². The van der Waals surface area contributed by atoms with Crippen LogP contribution in [0.3, 0.4) is 0 Å². The number of aromatic nitrogens is 4. The van der Waals surface area contributed by atoms with Crippen LogP contribution in [0.4, 0.5) is 5.82 Å². The number of fused-ring (bicyclic) bond motifs is 1. The lowest BCUT2D eigenvalue weighted by Gasteiger charge is -2.16. The molecule has 1 unspecified atom stereocenters. The van der Waals surface area contributed by atoms with Gasteiger partial charge in [-0.05, 0) is 12.3 Å². The quantitative estimate of drug-likeness (QED) is 0.803. The van der Waals surface area contributed by atoms with Gasteiger partial charge in [-0.2, -0.15) is 0 Å². The minimum absolute atomic E-state index is 0.564. The molecule has 2 aromatic heterocycles. The summed E-state index contributed by atoms with van der Waals surface area (Å²) in [6, 6.07) is 0. The second-order valence-corrected chi connectivity index (χ2v) is 4.36. The minimum atomic E-state index is 0.564. The fourth-order valence-corrected chi connectivity index (χ4v) is 2.39. The number of hydrogen-bond donors (Lipinski definition) is 1. The maximum Gasteiger partial charge on any atom is 0.182 e. The Bertz CT molecular complexity index is 497. The Morgan fingerprint density at radius 2 is 2.38 bits per heavy atom. The van der Waals surface area contributed by atoms with Gasteiger partial charge >= 0.3 is 0 Å². The van der Waals surface area contributed by atoms with E-state index in [4.69, 9.17) is 11.6 Å². The number of rotatable bonds is 2. The highest BCUT2D eigenvalue weighted by Gasteiger charge is 2.24. The molecule has 6 heteroatoms. The standard InChI is InChI=1S/C10H12ClN5/c11-3-7-1-2-16(4-7)10-8-9(13-5-12-8)14-6-15-10/h5-7H,1-4H2,(H,12,13,14,15). The smallest absolute Gasteiger partial charge is 0.182 e. The first kappa shape index (κ1) is 9.84. The zero-order chi connectivity index (χ0) is 11.0. The molecule has 0 aromatic carbocycles. The molecule has 1 N–H and O–H groups in total. The van der Waals surface area contributed by atoms with E-state index in [0.29, 0.717) is 11.8 Å². The first-order valence-corrected chi connectivity index (χ1v) is 5.87. The fraction of sp³-hybridized carbons (Fsp3) is 0.500. The average Bonchev–Trinajstić information content (AvgIpc) is 2.97. The van der Waals surface area contributed by atoms with Gasteiger partial charge in [0, 0.05) is 19.0 Å². The van der Waals surface area contributed by atoms with Crippen LogP contribution >= 0.6 is 11.6 Å². The molecule has 1 aliphatic rings. The van der Waals surface area contributed by atoms with Gasteiger partial charge < -0.3 is 9.88 Å². The Morgan fingerprint density at radius 3 is 3.19 bits per heavy atom. The predicted molar refractivity (Wildman–Crippen MR) is 62.7 cm³/mol. The second-order valence-electron chi connectivity index (χ2n) is 4.05. The number of hydrogen-bond acceptors (Lipinski definition) is 4. The van der Waals surface area contributed by atoms with Crippen LogP contribution in [0.2, 0.25) is 0 Å². The van der Waals surface area contributed by atoms with E-state index in [0.717, 1.165) is 36.5 Å². The maximum absolute atomic E-state index is 5.88. The highest BCUT2D eigenvalue weighted by Crippen LogP contribution is 2.26. The molecule has 84 valence electrons. The monoisotopic (exact) mass is 237 g/mol. The summed E-state index contributed by atoms with van der Waals surface area (Å²) in [5.74, 6) is 2.22. The second kappa shape index (κ2) is 3.90. The lowest BCUT2D eigenvalue weighted by Crippen LogP contribution is -2.21. The Kier molecular flexibility index (Phi) is 2.40. The van der Waals surface area contributed by atoms with Crippen LogP contribution in [-0.2, 0) is 0 Å². The van der Waals surface area contributed by atoms with E-state index in [1.165, 1.54) is 0 Å². The molecule has 5 nitrogen and oxygen atoms in total. The van der Waals surface area contributed by atoms with Crippen LogP contribution in [0.5, 0.6) is 0 Å². The van der Waals surface area contributed by atoms with Crippen molar-refractivity contribution in [3.05, 3.63) is 12.7 Å². The summed E-state index contributed by atoms with van der Waals surface area (Å²) < 4.78 is 0. The SMILES string of the molecule is ClCC1CCN(c2ncnc3nc[nH]c23)C1. The molecule has 3 rings (SSSR count). The third kappa shape index (κ3) is 1.51. The number of halogens is 1. The van der Waals surface area contributed by atoms with E-state index < -0.39 is 0 Å². The Morgan fingerprint density at radius 1 is 1.44 bits per heavy atom. The van der Waals surface area contributed by atoms with Crippen LogP contribution in [0.1, 0.15) is 6.42 Å². The van der Waals surface area contributed by atoms with Crippen molar-refractivity contribution in [2.75, 3.05) is 23.9 Å². The molecule has 2 aromatic rings. The Labute approximate surface area is 97.9 Å². The Balaban J connectivity index is 1.97. The molecule has 1 aliphatic heterocycles. The molecule has 1 fully saturated rings. The molecule has 1 saturated heterocycles. The van der Waals surface area contributed by atoms with Crippen molar-refractivity contribution in [3.63, 3.8) is 0 Å². The van der Waals surface area contributed by atoms with Gasteiger partial charge in [0.2, 0.25) is 0 Å². The van der Waals surface area contributed by atoms with Gasteiger partial charge in [-0.3, -0.25) is 0 Å². The first-order valence-electron chi connectivity index (χ1n) is 5.33. The number of nitrogens with one attached hydrogen (secondary N) is 1. The third-order valence-electron chi connectivity index (χ3n) is 3.01. The van der Waals surface area contributed by atoms with Crippen LogP contribution in [0, 0.1) is 5.92 Å². The van der Waals surface area contributed by atoms with Crippen molar-refractivity contribution in [2.24, 2.45) is 5.92 Å². The van der Waals surface area contributed by atoms with Crippen LogP contribution in [0.25, 0.3) is 11.2 Å². The van der Waals surface area contributed by atoms with Crippen molar-refractivity contribution in [1.29, 1.82) is 0 Å². The van der Waals surface area contributed by atoms with Crippen LogP contribution < -0.4 is 4.90 Å². The summed E-state index contributed by atoms with van der Waals surface area (Å²) in [5, 5.41) is 0. The van der Waals surface area contributed by atoms with E-state index in [2.05, 4.69) is 24.8 Å². The van der Waals surface area contributed by atoms with E-state index >= 15 is 0 Å². The normalized spacial score (nSPS) is 20.8. The summed E-state index contributed by atoms with van der Waals surface area (Å²) in [5.41, 5.74) is 1.64.